The zero-order chi connectivity index (χ0) is 15.9. The van der Waals surface area contributed by atoms with Gasteiger partial charge in [0.2, 0.25) is 0 Å². The van der Waals surface area contributed by atoms with Crippen molar-refractivity contribution < 1.29 is 0 Å². The molecule has 0 atom stereocenters. The number of rotatable bonds is 3. The molecule has 0 amide bonds. The van der Waals surface area contributed by atoms with Gasteiger partial charge in [-0.05, 0) is 51.9 Å². The Labute approximate surface area is 156 Å². The van der Waals surface area contributed by atoms with Gasteiger partial charge in [-0.3, -0.25) is 0 Å². The second-order valence-corrected chi connectivity index (χ2v) is 9.23. The quantitative estimate of drug-likeness (QED) is 0.297. The molecule has 4 heterocycles. The largest absolute Gasteiger partial charge is 0.144 e. The van der Waals surface area contributed by atoms with E-state index >= 15 is 0 Å². The molecule has 0 spiro atoms. The first-order chi connectivity index (χ1) is 11.9. The average molecular weight is 381 g/mol. The molecular weight excluding hydrogens is 368 g/mol. The van der Waals surface area contributed by atoms with Gasteiger partial charge in [0, 0.05) is 41.4 Å². The number of fused-ring (bicyclic) bond motifs is 1. The van der Waals surface area contributed by atoms with E-state index < -0.39 is 0 Å². The van der Waals surface area contributed by atoms with Crippen LogP contribution in [0.4, 0.5) is 0 Å². The summed E-state index contributed by atoms with van der Waals surface area (Å²) in [5.74, 6) is 0. The van der Waals surface area contributed by atoms with Crippen molar-refractivity contribution in [3.63, 3.8) is 0 Å². The van der Waals surface area contributed by atoms with Crippen LogP contribution in [0.15, 0.2) is 70.1 Å². The monoisotopic (exact) mass is 380 g/mol. The second-order valence-electron chi connectivity index (χ2n) is 5.44. The Bertz CT molecular complexity index is 1080. The molecule has 0 nitrogen and oxygen atoms in total. The lowest BCUT2D eigenvalue weighted by Gasteiger charge is -2.14. The van der Waals surface area contributed by atoms with Crippen LogP contribution in [0.3, 0.4) is 0 Å². The first kappa shape index (κ1) is 14.6. The fourth-order valence-corrected chi connectivity index (χ4v) is 6.26. The Morgan fingerprint density at radius 3 is 1.79 bits per heavy atom. The Balaban J connectivity index is 1.97. The first-order valence-corrected chi connectivity index (χ1v) is 11.1. The number of hydrogen-bond acceptors (Lipinski definition) is 4. The Morgan fingerprint density at radius 1 is 0.542 bits per heavy atom. The number of thiophene rings is 4. The lowest BCUT2D eigenvalue weighted by atomic mass is 9.94. The van der Waals surface area contributed by atoms with Gasteiger partial charge in [-0.1, -0.05) is 18.2 Å². The molecule has 0 radical (unpaired) electrons. The van der Waals surface area contributed by atoms with Crippen LogP contribution in [0.1, 0.15) is 0 Å². The van der Waals surface area contributed by atoms with Crippen LogP contribution in [-0.4, -0.2) is 0 Å². The fraction of sp³-hybridized carbons (Fsp3) is 0. The third-order valence-corrected chi connectivity index (χ3v) is 7.62. The molecule has 0 aliphatic carbocycles. The lowest BCUT2D eigenvalue weighted by Crippen LogP contribution is -1.87. The molecule has 5 rings (SSSR count). The summed E-state index contributed by atoms with van der Waals surface area (Å²) in [5.41, 5.74) is 4.11. The van der Waals surface area contributed by atoms with E-state index in [0.29, 0.717) is 0 Å². The van der Waals surface area contributed by atoms with Crippen LogP contribution >= 0.6 is 45.3 Å². The van der Waals surface area contributed by atoms with E-state index in [1.807, 2.05) is 45.3 Å². The van der Waals surface area contributed by atoms with Gasteiger partial charge in [0.1, 0.15) is 0 Å². The molecule has 0 saturated heterocycles. The van der Waals surface area contributed by atoms with Gasteiger partial charge >= 0.3 is 0 Å². The molecule has 0 bridgehead atoms. The smallest absolute Gasteiger partial charge is 0.0356 e. The van der Waals surface area contributed by atoms with Crippen LogP contribution < -0.4 is 0 Å². The molecule has 116 valence electrons. The third kappa shape index (κ3) is 2.30. The van der Waals surface area contributed by atoms with Gasteiger partial charge in [0.05, 0.1) is 0 Å². The van der Waals surface area contributed by atoms with Crippen molar-refractivity contribution in [1.29, 1.82) is 0 Å². The summed E-state index contributed by atoms with van der Waals surface area (Å²) in [5, 5.41) is 10.1. The predicted octanol–water partition coefficient (Wildman–Crippen LogP) is 8.09. The van der Waals surface area contributed by atoms with Gasteiger partial charge in [-0.25, -0.2) is 0 Å². The average Bonchev–Trinajstić information content (AvgIpc) is 3.43. The standard InChI is InChI=1S/C20H12S4/c1-4-15(21-8-1)14-12-18-13(7-11-24-18)19(16-5-2-9-22-16)20(14)17-6-3-10-23-17/h1-12H. The van der Waals surface area contributed by atoms with Crippen molar-refractivity contribution in [3.05, 3.63) is 70.1 Å². The zero-order valence-electron chi connectivity index (χ0n) is 12.6. The molecule has 1 aromatic carbocycles. The minimum atomic E-state index is 1.34. The van der Waals surface area contributed by atoms with E-state index in [4.69, 9.17) is 0 Å². The molecule has 0 aliphatic heterocycles. The minimum absolute atomic E-state index is 1.34. The van der Waals surface area contributed by atoms with E-state index in [2.05, 4.69) is 70.1 Å². The first-order valence-electron chi connectivity index (χ1n) is 7.57. The van der Waals surface area contributed by atoms with Crippen LogP contribution in [-0.2, 0) is 0 Å². The van der Waals surface area contributed by atoms with Crippen LogP contribution in [0.2, 0.25) is 0 Å². The Hall–Kier alpha value is -1.72. The summed E-state index contributed by atoms with van der Waals surface area (Å²) in [6.07, 6.45) is 0. The van der Waals surface area contributed by atoms with Gasteiger partial charge in [-0.2, -0.15) is 0 Å². The van der Waals surface area contributed by atoms with Crippen LogP contribution in [0.5, 0.6) is 0 Å². The van der Waals surface area contributed by atoms with Crippen molar-refractivity contribution in [2.75, 3.05) is 0 Å². The topological polar surface area (TPSA) is 0 Å². The highest BCUT2D eigenvalue weighted by atomic mass is 32.1. The van der Waals surface area contributed by atoms with Crippen molar-refractivity contribution in [2.24, 2.45) is 0 Å². The summed E-state index contributed by atoms with van der Waals surface area (Å²) in [7, 11) is 0. The number of benzene rings is 1. The van der Waals surface area contributed by atoms with Crippen molar-refractivity contribution in [3.8, 4) is 31.3 Å². The van der Waals surface area contributed by atoms with E-state index in [-0.39, 0.29) is 0 Å². The Kier molecular flexibility index (Phi) is 3.64. The summed E-state index contributed by atoms with van der Waals surface area (Å²) >= 11 is 7.29. The van der Waals surface area contributed by atoms with E-state index in [0.717, 1.165) is 0 Å². The summed E-state index contributed by atoms with van der Waals surface area (Å²) in [4.78, 5) is 4.03. The summed E-state index contributed by atoms with van der Waals surface area (Å²) in [6.45, 7) is 0. The second kappa shape index (κ2) is 5.97. The maximum Gasteiger partial charge on any atom is 0.0356 e. The maximum absolute atomic E-state index is 2.37. The predicted molar refractivity (Wildman–Crippen MR) is 112 cm³/mol. The summed E-state index contributed by atoms with van der Waals surface area (Å²) in [6, 6.07) is 17.8. The van der Waals surface area contributed by atoms with Gasteiger partial charge < -0.3 is 0 Å². The van der Waals surface area contributed by atoms with Crippen molar-refractivity contribution in [2.45, 2.75) is 0 Å². The van der Waals surface area contributed by atoms with Crippen molar-refractivity contribution in [1.82, 2.24) is 0 Å². The van der Waals surface area contributed by atoms with E-state index in [1.165, 1.54) is 41.4 Å². The molecule has 0 N–H and O–H groups in total. The molecule has 0 fully saturated rings. The lowest BCUT2D eigenvalue weighted by molar-refractivity contribution is 1.75. The third-order valence-electron chi connectivity index (χ3n) is 4.08. The highest BCUT2D eigenvalue weighted by molar-refractivity contribution is 7.18. The van der Waals surface area contributed by atoms with Crippen LogP contribution in [0.25, 0.3) is 41.4 Å². The van der Waals surface area contributed by atoms with Gasteiger partial charge in [0.15, 0.2) is 0 Å². The molecule has 0 unspecified atom stereocenters. The number of hydrogen-bond donors (Lipinski definition) is 0. The molecular formula is C20H12S4. The molecule has 0 aliphatic rings. The SMILES string of the molecule is c1csc(-c2cc3sccc3c(-c3cccs3)c2-c2cccs2)c1. The maximum atomic E-state index is 2.37. The van der Waals surface area contributed by atoms with E-state index in [1.54, 1.807) is 0 Å². The highest BCUT2D eigenvalue weighted by Gasteiger charge is 2.20. The Morgan fingerprint density at radius 2 is 1.17 bits per heavy atom. The van der Waals surface area contributed by atoms with Crippen molar-refractivity contribution >= 4 is 55.4 Å². The molecule has 5 aromatic rings. The van der Waals surface area contributed by atoms with Gasteiger partial charge in [0.25, 0.3) is 0 Å². The summed E-state index contributed by atoms with van der Waals surface area (Å²) < 4.78 is 1.36. The molecule has 24 heavy (non-hydrogen) atoms. The fourth-order valence-electron chi connectivity index (χ4n) is 3.09. The highest BCUT2D eigenvalue weighted by Crippen LogP contribution is 2.48. The molecule has 0 saturated carbocycles. The minimum Gasteiger partial charge on any atom is -0.144 e. The zero-order valence-corrected chi connectivity index (χ0v) is 15.8. The normalized spacial score (nSPS) is 11.3. The molecule has 4 aromatic heterocycles. The van der Waals surface area contributed by atoms with Gasteiger partial charge in [-0.15, -0.1) is 45.3 Å². The van der Waals surface area contributed by atoms with Crippen LogP contribution in [0, 0.1) is 0 Å². The van der Waals surface area contributed by atoms with E-state index in [9.17, 15) is 0 Å². The molecule has 4 heteroatoms.